The fourth-order valence-electron chi connectivity index (χ4n) is 3.57. The Balaban J connectivity index is 2.21. The van der Waals surface area contributed by atoms with Crippen LogP contribution >= 0.6 is 0 Å². The van der Waals surface area contributed by atoms with Crippen LogP contribution in [0.2, 0.25) is 0 Å². The largest absolute Gasteiger partial charge is 0.504 e. The van der Waals surface area contributed by atoms with E-state index in [0.717, 1.165) is 18.5 Å². The first kappa shape index (κ1) is 17.1. The van der Waals surface area contributed by atoms with Gasteiger partial charge in [0.25, 0.3) is 0 Å². The Kier molecular flexibility index (Phi) is 4.53. The van der Waals surface area contributed by atoms with Crippen LogP contribution < -0.4 is 10.1 Å². The van der Waals surface area contributed by atoms with E-state index in [1.54, 1.807) is 19.1 Å². The molecular weight excluding hydrogens is 322 g/mol. The van der Waals surface area contributed by atoms with Gasteiger partial charge in [-0.25, -0.2) is 4.79 Å². The standard InChI is InChI=1S/C19H21NO5/c1-10-16(19(23)25-3)17(11-7-8-13(21)15(9-11)24-2)18-12(20-10)5-4-6-14(18)22/h7-9,17,20-21H,4-6H2,1-3H3/t17-/m0/s1. The number of esters is 1. The number of aromatic hydroxyl groups is 1. The van der Waals surface area contributed by atoms with E-state index in [0.29, 0.717) is 34.6 Å². The van der Waals surface area contributed by atoms with E-state index in [-0.39, 0.29) is 11.5 Å². The van der Waals surface area contributed by atoms with E-state index in [1.807, 2.05) is 0 Å². The summed E-state index contributed by atoms with van der Waals surface area (Å²) in [5, 5.41) is 13.1. The zero-order chi connectivity index (χ0) is 18.1. The van der Waals surface area contributed by atoms with Crippen LogP contribution in [0, 0.1) is 0 Å². The number of allylic oxidation sites excluding steroid dienone is 3. The number of Topliss-reactive ketones (excluding diaryl/α,β-unsaturated/α-hetero) is 1. The molecule has 0 amide bonds. The van der Waals surface area contributed by atoms with Gasteiger partial charge in [-0.3, -0.25) is 4.79 Å². The summed E-state index contributed by atoms with van der Waals surface area (Å²) >= 11 is 0. The fourth-order valence-corrected chi connectivity index (χ4v) is 3.57. The molecule has 0 unspecified atom stereocenters. The Bertz CT molecular complexity index is 806. The number of nitrogens with one attached hydrogen (secondary N) is 1. The Morgan fingerprint density at radius 2 is 2.04 bits per heavy atom. The van der Waals surface area contributed by atoms with E-state index < -0.39 is 11.9 Å². The van der Waals surface area contributed by atoms with Crippen LogP contribution in [0.5, 0.6) is 11.5 Å². The van der Waals surface area contributed by atoms with Crippen molar-refractivity contribution in [2.75, 3.05) is 14.2 Å². The number of phenolic OH excluding ortho intramolecular Hbond substituents is 1. The van der Waals surface area contributed by atoms with Crippen molar-refractivity contribution in [2.24, 2.45) is 0 Å². The van der Waals surface area contributed by atoms with Crippen molar-refractivity contribution in [3.63, 3.8) is 0 Å². The molecule has 0 saturated heterocycles. The van der Waals surface area contributed by atoms with E-state index >= 15 is 0 Å². The molecule has 0 aromatic heterocycles. The number of phenols is 1. The number of hydrogen-bond acceptors (Lipinski definition) is 6. The van der Waals surface area contributed by atoms with Crippen LogP contribution in [-0.2, 0) is 14.3 Å². The van der Waals surface area contributed by atoms with E-state index in [9.17, 15) is 14.7 Å². The van der Waals surface area contributed by atoms with Gasteiger partial charge < -0.3 is 19.9 Å². The lowest BCUT2D eigenvalue weighted by Gasteiger charge is -2.34. The summed E-state index contributed by atoms with van der Waals surface area (Å²) in [7, 11) is 2.78. The van der Waals surface area contributed by atoms with Gasteiger partial charge in [0.05, 0.1) is 19.8 Å². The fraction of sp³-hybridized carbons (Fsp3) is 0.368. The number of hydrogen-bond donors (Lipinski definition) is 2. The Morgan fingerprint density at radius 3 is 2.72 bits per heavy atom. The number of benzene rings is 1. The van der Waals surface area contributed by atoms with Gasteiger partial charge in [0.2, 0.25) is 0 Å². The maximum Gasteiger partial charge on any atom is 0.336 e. The van der Waals surface area contributed by atoms with Crippen molar-refractivity contribution in [3.05, 3.63) is 46.3 Å². The van der Waals surface area contributed by atoms with Gasteiger partial charge in [-0.1, -0.05) is 6.07 Å². The number of dihydropyridines is 1. The molecule has 2 aliphatic rings. The van der Waals surface area contributed by atoms with Crippen molar-refractivity contribution in [3.8, 4) is 11.5 Å². The molecule has 1 heterocycles. The van der Waals surface area contributed by atoms with Crippen molar-refractivity contribution >= 4 is 11.8 Å². The minimum absolute atomic E-state index is 0.00433. The molecule has 0 spiro atoms. The van der Waals surface area contributed by atoms with Gasteiger partial charge in [0, 0.05) is 29.3 Å². The SMILES string of the molecule is COC(=O)C1=C(C)NC2=C(C(=O)CCC2)[C@H]1c1ccc(O)c(OC)c1. The molecule has 1 aromatic rings. The third kappa shape index (κ3) is 2.88. The minimum atomic E-state index is -0.536. The maximum absolute atomic E-state index is 12.6. The first-order valence-corrected chi connectivity index (χ1v) is 8.17. The highest BCUT2D eigenvalue weighted by molar-refractivity contribution is 6.03. The zero-order valence-electron chi connectivity index (χ0n) is 14.5. The summed E-state index contributed by atoms with van der Waals surface area (Å²) in [6, 6.07) is 4.87. The number of carbonyl (C=O) groups excluding carboxylic acids is 2. The quantitative estimate of drug-likeness (QED) is 0.821. The molecule has 0 fully saturated rings. The molecule has 0 saturated carbocycles. The van der Waals surface area contributed by atoms with Gasteiger partial charge in [0.1, 0.15) is 0 Å². The molecule has 3 rings (SSSR count). The van der Waals surface area contributed by atoms with Crippen molar-refractivity contribution in [2.45, 2.75) is 32.1 Å². The summed E-state index contributed by atoms with van der Waals surface area (Å²) in [5.74, 6) is -0.689. The number of ketones is 1. The van der Waals surface area contributed by atoms with Crippen LogP contribution in [0.25, 0.3) is 0 Å². The predicted molar refractivity (Wildman–Crippen MR) is 91.1 cm³/mol. The van der Waals surface area contributed by atoms with Crippen LogP contribution in [-0.4, -0.2) is 31.1 Å². The zero-order valence-corrected chi connectivity index (χ0v) is 14.5. The molecule has 6 nitrogen and oxygen atoms in total. The van der Waals surface area contributed by atoms with Gasteiger partial charge in [-0.05, 0) is 37.5 Å². The highest BCUT2D eigenvalue weighted by Gasteiger charge is 2.39. The molecule has 25 heavy (non-hydrogen) atoms. The third-order valence-electron chi connectivity index (χ3n) is 4.72. The molecule has 1 aliphatic carbocycles. The molecule has 1 aromatic carbocycles. The first-order valence-electron chi connectivity index (χ1n) is 8.17. The lowest BCUT2D eigenvalue weighted by Crippen LogP contribution is -2.34. The Labute approximate surface area is 146 Å². The normalized spacial score (nSPS) is 20.1. The summed E-state index contributed by atoms with van der Waals surface area (Å²) in [4.78, 5) is 25.1. The summed E-state index contributed by atoms with van der Waals surface area (Å²) < 4.78 is 10.1. The monoisotopic (exact) mass is 343 g/mol. The van der Waals surface area contributed by atoms with Crippen molar-refractivity contribution in [1.82, 2.24) is 5.32 Å². The molecule has 1 aliphatic heterocycles. The maximum atomic E-state index is 12.6. The summed E-state index contributed by atoms with van der Waals surface area (Å²) in [5.41, 5.74) is 3.25. The number of carbonyl (C=O) groups is 2. The van der Waals surface area contributed by atoms with Crippen LogP contribution in [0.1, 0.15) is 37.7 Å². The van der Waals surface area contributed by atoms with E-state index in [1.165, 1.54) is 20.3 Å². The number of rotatable bonds is 3. The highest BCUT2D eigenvalue weighted by Crippen LogP contribution is 2.44. The second-order valence-corrected chi connectivity index (χ2v) is 6.19. The second kappa shape index (κ2) is 6.63. The van der Waals surface area contributed by atoms with Crippen molar-refractivity contribution in [1.29, 1.82) is 0 Å². The number of methoxy groups -OCH3 is 2. The van der Waals surface area contributed by atoms with E-state index in [4.69, 9.17) is 9.47 Å². The molecule has 2 N–H and O–H groups in total. The van der Waals surface area contributed by atoms with Crippen LogP contribution in [0.4, 0.5) is 0 Å². The van der Waals surface area contributed by atoms with Crippen LogP contribution in [0.15, 0.2) is 40.7 Å². The highest BCUT2D eigenvalue weighted by atomic mass is 16.5. The average Bonchev–Trinajstić information content (AvgIpc) is 2.60. The molecule has 132 valence electrons. The van der Waals surface area contributed by atoms with Gasteiger partial charge in [-0.15, -0.1) is 0 Å². The lowest BCUT2D eigenvalue weighted by molar-refractivity contribution is -0.136. The summed E-state index contributed by atoms with van der Waals surface area (Å²) in [6.45, 7) is 1.81. The first-order chi connectivity index (χ1) is 12.0. The molecule has 0 bridgehead atoms. The van der Waals surface area contributed by atoms with Gasteiger partial charge >= 0.3 is 5.97 Å². The smallest absolute Gasteiger partial charge is 0.336 e. The van der Waals surface area contributed by atoms with Crippen molar-refractivity contribution < 1.29 is 24.2 Å². The average molecular weight is 343 g/mol. The van der Waals surface area contributed by atoms with E-state index in [2.05, 4.69) is 5.32 Å². The lowest BCUT2D eigenvalue weighted by atomic mass is 9.75. The Morgan fingerprint density at radius 1 is 1.28 bits per heavy atom. The molecule has 1 atom stereocenters. The van der Waals surface area contributed by atoms with Gasteiger partial charge in [-0.2, -0.15) is 0 Å². The predicted octanol–water partition coefficient (Wildman–Crippen LogP) is 2.54. The van der Waals surface area contributed by atoms with Crippen LogP contribution in [0.3, 0.4) is 0 Å². The summed E-state index contributed by atoms with van der Waals surface area (Å²) in [6.07, 6.45) is 2.01. The number of ether oxygens (including phenoxy) is 2. The molecule has 6 heteroatoms. The third-order valence-corrected chi connectivity index (χ3v) is 4.72. The molecular formula is C19H21NO5. The minimum Gasteiger partial charge on any atom is -0.504 e. The van der Waals surface area contributed by atoms with Gasteiger partial charge in [0.15, 0.2) is 17.3 Å². The Hall–Kier alpha value is -2.76. The second-order valence-electron chi connectivity index (χ2n) is 6.19. The molecule has 0 radical (unpaired) electrons. The topological polar surface area (TPSA) is 84.9 Å².